The molecule has 0 unspecified atom stereocenters. The number of nitro benzene ring substituents is 1. The van der Waals surface area contributed by atoms with Gasteiger partial charge in [0.15, 0.2) is 0 Å². The van der Waals surface area contributed by atoms with Crippen LogP contribution in [-0.4, -0.2) is 4.92 Å². The number of nitrogens with zero attached hydrogens (tertiary/aromatic N) is 1. The van der Waals surface area contributed by atoms with Gasteiger partial charge in [0.05, 0.1) is 4.92 Å². The highest BCUT2D eigenvalue weighted by atomic mass is 16.6. The van der Waals surface area contributed by atoms with Crippen LogP contribution in [0.15, 0.2) is 42.5 Å². The maximum atomic E-state index is 10.9. The van der Waals surface area contributed by atoms with Gasteiger partial charge in [-0.2, -0.15) is 0 Å². The molecular weight excluding hydrogens is 268 g/mol. The van der Waals surface area contributed by atoms with E-state index >= 15 is 0 Å². The van der Waals surface area contributed by atoms with Crippen molar-refractivity contribution in [3.05, 3.63) is 63.7 Å². The molecule has 21 heavy (non-hydrogen) atoms. The fourth-order valence-electron chi connectivity index (χ4n) is 2.01. The van der Waals surface area contributed by atoms with Crippen molar-refractivity contribution in [3.63, 3.8) is 0 Å². The molecule has 0 aliphatic rings. The third-order valence-electron chi connectivity index (χ3n) is 3.29. The van der Waals surface area contributed by atoms with Crippen molar-refractivity contribution >= 4 is 11.4 Å². The second kappa shape index (κ2) is 6.26. The average Bonchev–Trinajstić information content (AvgIpc) is 2.46. The van der Waals surface area contributed by atoms with Crippen LogP contribution in [0.1, 0.15) is 30.9 Å². The zero-order valence-corrected chi connectivity index (χ0v) is 12.1. The van der Waals surface area contributed by atoms with Gasteiger partial charge < -0.3 is 10.5 Å². The highest BCUT2D eigenvalue weighted by Gasteiger charge is 2.14. The summed E-state index contributed by atoms with van der Waals surface area (Å²) in [6.45, 7) is 4.42. The van der Waals surface area contributed by atoms with Crippen LogP contribution >= 0.6 is 0 Å². The van der Waals surface area contributed by atoms with Crippen LogP contribution in [0.2, 0.25) is 0 Å². The Balaban J connectivity index is 2.15. The molecule has 5 nitrogen and oxygen atoms in total. The molecule has 0 atom stereocenters. The number of nitrogens with two attached hydrogens (primary N) is 1. The smallest absolute Gasteiger partial charge is 0.292 e. The summed E-state index contributed by atoms with van der Waals surface area (Å²) in [4.78, 5) is 10.4. The molecule has 0 aliphatic heterocycles. The number of anilines is 1. The second-order valence-electron chi connectivity index (χ2n) is 5.12. The molecule has 0 saturated heterocycles. The minimum atomic E-state index is -0.488. The van der Waals surface area contributed by atoms with Crippen LogP contribution in [0.5, 0.6) is 5.75 Å². The van der Waals surface area contributed by atoms with Crippen molar-refractivity contribution < 1.29 is 9.66 Å². The van der Waals surface area contributed by atoms with Gasteiger partial charge in [0.2, 0.25) is 0 Å². The lowest BCUT2D eigenvalue weighted by Gasteiger charge is -2.11. The summed E-state index contributed by atoms with van der Waals surface area (Å²) in [5, 5.41) is 10.9. The molecule has 2 rings (SSSR count). The lowest BCUT2D eigenvalue weighted by atomic mass is 10.0. The maximum absolute atomic E-state index is 10.9. The normalized spacial score (nSPS) is 10.6. The Hall–Kier alpha value is -2.56. The van der Waals surface area contributed by atoms with E-state index in [2.05, 4.69) is 13.8 Å². The first-order valence-electron chi connectivity index (χ1n) is 6.73. The summed E-state index contributed by atoms with van der Waals surface area (Å²) in [6, 6.07) is 12.5. The van der Waals surface area contributed by atoms with Crippen LogP contribution in [0.3, 0.4) is 0 Å². The molecular formula is C16H18N2O3. The molecule has 0 aromatic heterocycles. The number of para-hydroxylation sites is 1. The monoisotopic (exact) mass is 286 g/mol. The van der Waals surface area contributed by atoms with E-state index < -0.39 is 4.92 Å². The lowest BCUT2D eigenvalue weighted by molar-refractivity contribution is -0.384. The van der Waals surface area contributed by atoms with Crippen molar-refractivity contribution in [1.29, 1.82) is 0 Å². The van der Waals surface area contributed by atoms with Crippen LogP contribution in [0, 0.1) is 10.1 Å². The fraction of sp³-hybridized carbons (Fsp3) is 0.250. The summed E-state index contributed by atoms with van der Waals surface area (Å²) >= 11 is 0. The van der Waals surface area contributed by atoms with Crippen molar-refractivity contribution in [2.24, 2.45) is 0 Å². The molecule has 0 amide bonds. The van der Waals surface area contributed by atoms with Gasteiger partial charge >= 0.3 is 0 Å². The molecule has 0 saturated carbocycles. The molecule has 0 spiro atoms. The van der Waals surface area contributed by atoms with E-state index in [4.69, 9.17) is 10.5 Å². The van der Waals surface area contributed by atoms with Gasteiger partial charge in [0, 0.05) is 11.6 Å². The SMILES string of the molecule is CC(C)c1cccc(OCc2cccc([N+](=O)[O-])c2N)c1. The first kappa shape index (κ1) is 14.8. The first-order valence-corrected chi connectivity index (χ1v) is 6.73. The molecule has 5 heteroatoms. The number of nitrogen functional groups attached to an aromatic ring is 1. The molecule has 2 aromatic carbocycles. The molecule has 110 valence electrons. The van der Waals surface area contributed by atoms with Gasteiger partial charge in [-0.15, -0.1) is 0 Å². The minimum absolute atomic E-state index is 0.0907. The van der Waals surface area contributed by atoms with Crippen LogP contribution < -0.4 is 10.5 Å². The third-order valence-corrected chi connectivity index (χ3v) is 3.29. The predicted molar refractivity (Wildman–Crippen MR) is 82.4 cm³/mol. The number of ether oxygens (including phenoxy) is 1. The Bertz CT molecular complexity index is 654. The largest absolute Gasteiger partial charge is 0.489 e. The Morgan fingerprint density at radius 1 is 1.24 bits per heavy atom. The summed E-state index contributed by atoms with van der Waals surface area (Å²) in [7, 11) is 0. The van der Waals surface area contributed by atoms with Crippen LogP contribution in [0.25, 0.3) is 0 Å². The van der Waals surface area contributed by atoms with E-state index in [1.165, 1.54) is 11.6 Å². The zero-order chi connectivity index (χ0) is 15.4. The van der Waals surface area contributed by atoms with E-state index in [0.29, 0.717) is 11.5 Å². The Morgan fingerprint density at radius 2 is 1.95 bits per heavy atom. The van der Waals surface area contributed by atoms with Crippen LogP contribution in [0.4, 0.5) is 11.4 Å². The summed E-state index contributed by atoms with van der Waals surface area (Å²) in [5.41, 5.74) is 7.66. The molecule has 0 heterocycles. The molecule has 0 bridgehead atoms. The molecule has 2 aromatic rings. The summed E-state index contributed by atoms with van der Waals surface area (Å²) < 4.78 is 5.70. The van der Waals surface area contributed by atoms with Gasteiger partial charge in [-0.3, -0.25) is 10.1 Å². The fourth-order valence-corrected chi connectivity index (χ4v) is 2.01. The van der Waals surface area contributed by atoms with Crippen molar-refractivity contribution in [3.8, 4) is 5.75 Å². The summed E-state index contributed by atoms with van der Waals surface area (Å²) in [6.07, 6.45) is 0. The Morgan fingerprint density at radius 3 is 2.62 bits per heavy atom. The van der Waals surface area contributed by atoms with E-state index in [1.54, 1.807) is 12.1 Å². The second-order valence-corrected chi connectivity index (χ2v) is 5.12. The third kappa shape index (κ3) is 3.51. The minimum Gasteiger partial charge on any atom is -0.489 e. The van der Waals surface area contributed by atoms with Gasteiger partial charge in [-0.05, 0) is 23.6 Å². The van der Waals surface area contributed by atoms with Gasteiger partial charge in [0.25, 0.3) is 5.69 Å². The average molecular weight is 286 g/mol. The standard InChI is InChI=1S/C16H18N2O3/c1-11(2)12-5-3-7-14(9-12)21-10-13-6-4-8-15(16(13)17)18(19)20/h3-9,11H,10,17H2,1-2H3. The lowest BCUT2D eigenvalue weighted by Crippen LogP contribution is -2.03. The first-order chi connectivity index (χ1) is 9.99. The summed E-state index contributed by atoms with van der Waals surface area (Å²) in [5.74, 6) is 1.14. The number of hydrogen-bond donors (Lipinski definition) is 1. The van der Waals surface area contributed by atoms with E-state index in [0.717, 1.165) is 5.75 Å². The molecule has 0 aliphatic carbocycles. The van der Waals surface area contributed by atoms with Gasteiger partial charge in [-0.1, -0.05) is 38.1 Å². The maximum Gasteiger partial charge on any atom is 0.292 e. The predicted octanol–water partition coefficient (Wildman–Crippen LogP) is 3.88. The molecule has 0 fully saturated rings. The van der Waals surface area contributed by atoms with Crippen molar-refractivity contribution in [2.45, 2.75) is 26.4 Å². The van der Waals surface area contributed by atoms with Gasteiger partial charge in [0.1, 0.15) is 18.0 Å². The van der Waals surface area contributed by atoms with E-state index in [-0.39, 0.29) is 18.0 Å². The van der Waals surface area contributed by atoms with Gasteiger partial charge in [-0.25, -0.2) is 0 Å². The Labute approximate surface area is 123 Å². The van der Waals surface area contributed by atoms with Crippen molar-refractivity contribution in [2.75, 3.05) is 5.73 Å². The molecule has 2 N–H and O–H groups in total. The highest BCUT2D eigenvalue weighted by molar-refractivity contribution is 5.62. The Kier molecular flexibility index (Phi) is 4.42. The number of rotatable bonds is 5. The number of hydrogen-bond acceptors (Lipinski definition) is 4. The molecule has 0 radical (unpaired) electrons. The topological polar surface area (TPSA) is 78.4 Å². The number of benzene rings is 2. The van der Waals surface area contributed by atoms with E-state index in [9.17, 15) is 10.1 Å². The van der Waals surface area contributed by atoms with E-state index in [1.807, 2.05) is 24.3 Å². The van der Waals surface area contributed by atoms with Crippen molar-refractivity contribution in [1.82, 2.24) is 0 Å². The number of nitro groups is 1. The van der Waals surface area contributed by atoms with Crippen LogP contribution in [-0.2, 0) is 6.61 Å². The highest BCUT2D eigenvalue weighted by Crippen LogP contribution is 2.26. The quantitative estimate of drug-likeness (QED) is 0.514. The zero-order valence-electron chi connectivity index (χ0n) is 12.1.